The van der Waals surface area contributed by atoms with Crippen molar-refractivity contribution in [3.05, 3.63) is 65.4 Å². The van der Waals surface area contributed by atoms with Gasteiger partial charge in [-0.1, -0.05) is 30.3 Å². The number of urea groups is 1. The first kappa shape index (κ1) is 17.3. The van der Waals surface area contributed by atoms with Gasteiger partial charge >= 0.3 is 6.03 Å². The number of allylic oxidation sites excluding steroid dienone is 1. The van der Waals surface area contributed by atoms with Crippen LogP contribution in [0.25, 0.3) is 5.57 Å². The van der Waals surface area contributed by atoms with Crippen LogP contribution in [0.4, 0.5) is 16.2 Å². The normalized spacial score (nSPS) is 20.3. The number of carbonyl (C=O) groups excluding carboxylic acids is 2. The summed E-state index contributed by atoms with van der Waals surface area (Å²) >= 11 is 0. The molecule has 0 saturated carbocycles. The largest absolute Gasteiger partial charge is 0.369 e. The summed E-state index contributed by atoms with van der Waals surface area (Å²) in [4.78, 5) is 26.8. The van der Waals surface area contributed by atoms with Gasteiger partial charge in [0.05, 0.1) is 11.4 Å². The molecule has 0 bridgehead atoms. The molecule has 5 N–H and O–H groups in total. The first-order valence-electron chi connectivity index (χ1n) is 8.83. The van der Waals surface area contributed by atoms with Gasteiger partial charge in [0.2, 0.25) is 5.78 Å². The van der Waals surface area contributed by atoms with Gasteiger partial charge in [-0.15, -0.1) is 0 Å². The fraction of sp³-hybridized carbons (Fsp3) is 0.200. The van der Waals surface area contributed by atoms with E-state index >= 15 is 0 Å². The molecule has 1 unspecified atom stereocenters. The topological polar surface area (TPSA) is 108 Å². The lowest BCUT2D eigenvalue weighted by atomic mass is 10.0. The van der Waals surface area contributed by atoms with Crippen molar-refractivity contribution in [1.82, 2.24) is 5.32 Å². The third-order valence-corrected chi connectivity index (χ3v) is 4.76. The molecule has 0 aromatic heterocycles. The smallest absolute Gasteiger partial charge is 0.324 e. The molecule has 2 aliphatic heterocycles. The summed E-state index contributed by atoms with van der Waals surface area (Å²) in [6.45, 7) is 0.876. The highest BCUT2D eigenvalue weighted by atomic mass is 16.3. The second-order valence-corrected chi connectivity index (χ2v) is 6.42. The monoisotopic (exact) mass is 364 g/mol. The average molecular weight is 364 g/mol. The molecule has 1 atom stereocenters. The van der Waals surface area contributed by atoms with E-state index in [9.17, 15) is 14.7 Å². The van der Waals surface area contributed by atoms with Crippen LogP contribution < -0.4 is 21.3 Å². The van der Waals surface area contributed by atoms with Gasteiger partial charge in [-0.2, -0.15) is 0 Å². The van der Waals surface area contributed by atoms with Crippen molar-refractivity contribution in [3.63, 3.8) is 0 Å². The lowest BCUT2D eigenvalue weighted by molar-refractivity contribution is 0.104. The predicted octanol–water partition coefficient (Wildman–Crippen LogP) is 1.90. The SMILES string of the molecule is NCCCNC(=O)N1c2ccccc2/C(=C2/Nc3ccccc3C2=O)C1O. The third-order valence-electron chi connectivity index (χ3n) is 4.76. The average Bonchev–Trinajstić information content (AvgIpc) is 3.15. The Kier molecular flexibility index (Phi) is 4.39. The zero-order valence-corrected chi connectivity index (χ0v) is 14.6. The van der Waals surface area contributed by atoms with Crippen LogP contribution in [-0.2, 0) is 0 Å². The van der Waals surface area contributed by atoms with Crippen LogP contribution >= 0.6 is 0 Å². The molecule has 2 aromatic rings. The van der Waals surface area contributed by atoms with E-state index < -0.39 is 12.3 Å². The van der Waals surface area contributed by atoms with Crippen molar-refractivity contribution in [1.29, 1.82) is 0 Å². The Hall–Kier alpha value is -3.16. The summed E-state index contributed by atoms with van der Waals surface area (Å²) in [5.74, 6) is -0.195. The molecule has 0 fully saturated rings. The van der Waals surface area contributed by atoms with Gasteiger partial charge in [-0.3, -0.25) is 9.69 Å². The maximum atomic E-state index is 12.9. The van der Waals surface area contributed by atoms with Crippen LogP contribution in [0.2, 0.25) is 0 Å². The second-order valence-electron chi connectivity index (χ2n) is 6.42. The molecule has 2 heterocycles. The van der Waals surface area contributed by atoms with Gasteiger partial charge in [-0.25, -0.2) is 4.79 Å². The number of para-hydroxylation sites is 2. The van der Waals surface area contributed by atoms with E-state index in [0.29, 0.717) is 53.3 Å². The number of Topliss-reactive ketones (excluding diaryl/α,β-unsaturated/α-hetero) is 1. The van der Waals surface area contributed by atoms with Crippen molar-refractivity contribution in [2.45, 2.75) is 12.6 Å². The van der Waals surface area contributed by atoms with Gasteiger partial charge in [0.15, 0.2) is 6.23 Å². The fourth-order valence-electron chi connectivity index (χ4n) is 3.48. The number of fused-ring (bicyclic) bond motifs is 2. The summed E-state index contributed by atoms with van der Waals surface area (Å²) in [6.07, 6.45) is -0.623. The number of rotatable bonds is 3. The van der Waals surface area contributed by atoms with Crippen LogP contribution in [0.3, 0.4) is 0 Å². The van der Waals surface area contributed by atoms with E-state index in [1.165, 1.54) is 4.90 Å². The van der Waals surface area contributed by atoms with Crippen LogP contribution in [0.5, 0.6) is 0 Å². The number of nitrogens with one attached hydrogen (secondary N) is 2. The number of aliphatic hydroxyl groups is 1. The molecule has 7 heteroatoms. The van der Waals surface area contributed by atoms with Crippen molar-refractivity contribution in [2.75, 3.05) is 23.3 Å². The number of carbonyl (C=O) groups is 2. The molecule has 0 radical (unpaired) electrons. The molecule has 27 heavy (non-hydrogen) atoms. The highest BCUT2D eigenvalue weighted by molar-refractivity contribution is 6.23. The number of anilines is 2. The Balaban J connectivity index is 1.76. The second kappa shape index (κ2) is 6.86. The Morgan fingerprint density at radius 1 is 1.15 bits per heavy atom. The molecule has 0 saturated heterocycles. The lowest BCUT2D eigenvalue weighted by Gasteiger charge is -2.22. The quantitative estimate of drug-likeness (QED) is 0.491. The number of amides is 2. The molecule has 4 rings (SSSR count). The lowest BCUT2D eigenvalue weighted by Crippen LogP contribution is -2.45. The van der Waals surface area contributed by atoms with E-state index in [1.807, 2.05) is 18.2 Å². The van der Waals surface area contributed by atoms with Crippen molar-refractivity contribution < 1.29 is 14.7 Å². The highest BCUT2D eigenvalue weighted by Crippen LogP contribution is 2.43. The van der Waals surface area contributed by atoms with Gasteiger partial charge < -0.3 is 21.5 Å². The number of nitrogens with zero attached hydrogens (tertiary/aromatic N) is 1. The Labute approximate surface area is 156 Å². The van der Waals surface area contributed by atoms with Crippen LogP contribution in [0.15, 0.2) is 54.2 Å². The highest BCUT2D eigenvalue weighted by Gasteiger charge is 2.41. The minimum atomic E-state index is -1.26. The van der Waals surface area contributed by atoms with Gasteiger partial charge in [-0.05, 0) is 31.2 Å². The summed E-state index contributed by atoms with van der Waals surface area (Å²) in [5.41, 5.74) is 8.63. The van der Waals surface area contributed by atoms with E-state index in [2.05, 4.69) is 10.6 Å². The number of benzene rings is 2. The molecule has 0 spiro atoms. The van der Waals surface area contributed by atoms with E-state index in [4.69, 9.17) is 5.73 Å². The molecule has 2 aromatic carbocycles. The summed E-state index contributed by atoms with van der Waals surface area (Å²) in [5, 5.41) is 16.8. The first-order chi connectivity index (χ1) is 13.1. The molecular weight excluding hydrogens is 344 g/mol. The minimum absolute atomic E-state index is 0.195. The van der Waals surface area contributed by atoms with Crippen LogP contribution in [0.1, 0.15) is 22.3 Å². The Bertz CT molecular complexity index is 954. The molecule has 0 aliphatic carbocycles. The zero-order valence-electron chi connectivity index (χ0n) is 14.6. The molecule has 7 nitrogen and oxygen atoms in total. The van der Waals surface area contributed by atoms with E-state index in [0.717, 1.165) is 0 Å². The third kappa shape index (κ3) is 2.77. The standard InChI is InChI=1S/C20H20N4O3/c21-10-5-11-22-20(27)24-15-9-4-2-7-13(15)16(19(24)26)17-18(25)12-6-1-3-8-14(12)23-17/h1-4,6-9,19,23,26H,5,10-11,21H2,(H,22,27)/b17-16-. The molecular formula is C20H20N4O3. The number of ketones is 1. The summed E-state index contributed by atoms with van der Waals surface area (Å²) < 4.78 is 0. The van der Waals surface area contributed by atoms with Crippen LogP contribution in [0, 0.1) is 0 Å². The van der Waals surface area contributed by atoms with Crippen LogP contribution in [-0.4, -0.2) is 36.2 Å². The van der Waals surface area contributed by atoms with Gasteiger partial charge in [0, 0.05) is 28.9 Å². The van der Waals surface area contributed by atoms with Gasteiger partial charge in [0.25, 0.3) is 0 Å². The van der Waals surface area contributed by atoms with Crippen molar-refractivity contribution in [2.24, 2.45) is 5.73 Å². The van der Waals surface area contributed by atoms with Crippen molar-refractivity contribution >= 4 is 28.8 Å². The predicted molar refractivity (Wildman–Crippen MR) is 103 cm³/mol. The number of hydrogen-bond donors (Lipinski definition) is 4. The Morgan fingerprint density at radius 2 is 1.85 bits per heavy atom. The van der Waals surface area contributed by atoms with Crippen molar-refractivity contribution in [3.8, 4) is 0 Å². The number of aliphatic hydroxyl groups excluding tert-OH is 1. The molecule has 138 valence electrons. The number of nitrogens with two attached hydrogens (primary N) is 1. The minimum Gasteiger partial charge on any atom is -0.369 e. The Morgan fingerprint density at radius 3 is 2.59 bits per heavy atom. The summed E-state index contributed by atoms with van der Waals surface area (Å²) in [7, 11) is 0. The molecule has 2 amide bonds. The molecule has 2 aliphatic rings. The van der Waals surface area contributed by atoms with Gasteiger partial charge in [0.1, 0.15) is 0 Å². The maximum Gasteiger partial charge on any atom is 0.324 e. The summed E-state index contributed by atoms with van der Waals surface area (Å²) in [6, 6.07) is 13.9. The van der Waals surface area contributed by atoms with E-state index in [-0.39, 0.29) is 5.78 Å². The van der Waals surface area contributed by atoms with E-state index in [1.54, 1.807) is 30.3 Å². The maximum absolute atomic E-state index is 12.9. The number of hydrogen-bond acceptors (Lipinski definition) is 5. The first-order valence-corrected chi connectivity index (χ1v) is 8.83. The fourth-order valence-corrected chi connectivity index (χ4v) is 3.48. The zero-order chi connectivity index (χ0) is 19.0.